The van der Waals surface area contributed by atoms with E-state index < -0.39 is 0 Å². The van der Waals surface area contributed by atoms with Crippen molar-refractivity contribution in [3.8, 4) is 0 Å². The van der Waals surface area contributed by atoms with Crippen LogP contribution in [0.1, 0.15) is 11.5 Å². The highest BCUT2D eigenvalue weighted by Crippen LogP contribution is 2.27. The highest BCUT2D eigenvalue weighted by Gasteiger charge is 2.09. The fourth-order valence-electron chi connectivity index (χ4n) is 1.86. The zero-order chi connectivity index (χ0) is 13.4. The van der Waals surface area contributed by atoms with Gasteiger partial charge in [0.05, 0.1) is 10.7 Å². The van der Waals surface area contributed by atoms with Crippen molar-refractivity contribution in [1.29, 1.82) is 0 Å². The van der Waals surface area contributed by atoms with Gasteiger partial charge >= 0.3 is 0 Å². The Morgan fingerprint density at radius 3 is 2.68 bits per heavy atom. The molecule has 2 aromatic carbocycles. The first kappa shape index (κ1) is 12.5. The highest BCUT2D eigenvalue weighted by atomic mass is 79.9. The lowest BCUT2D eigenvalue weighted by molar-refractivity contribution is 0.544. The van der Waals surface area contributed by atoms with E-state index in [-0.39, 0.29) is 0 Å². The zero-order valence-corrected chi connectivity index (χ0v) is 12.2. The van der Waals surface area contributed by atoms with E-state index in [4.69, 9.17) is 21.8 Å². The maximum atomic E-state index is 5.96. The van der Waals surface area contributed by atoms with Gasteiger partial charge in [0.15, 0.2) is 11.5 Å². The van der Waals surface area contributed by atoms with Gasteiger partial charge in [-0.05, 0) is 23.8 Å². The number of rotatable bonds is 2. The van der Waals surface area contributed by atoms with Gasteiger partial charge in [0.2, 0.25) is 0 Å². The van der Waals surface area contributed by atoms with Crippen LogP contribution in [0.2, 0.25) is 5.02 Å². The summed E-state index contributed by atoms with van der Waals surface area (Å²) in [6.45, 7) is 0. The van der Waals surface area contributed by atoms with Crippen molar-refractivity contribution >= 4 is 44.3 Å². The molecule has 1 aromatic heterocycles. The number of nitrogen functional groups attached to an aromatic ring is 1. The molecule has 19 heavy (non-hydrogen) atoms. The minimum absolute atomic E-state index is 0.496. The van der Waals surface area contributed by atoms with Crippen molar-refractivity contribution in [2.24, 2.45) is 0 Å². The minimum atomic E-state index is 0.496. The van der Waals surface area contributed by atoms with Crippen LogP contribution in [0.3, 0.4) is 0 Å². The molecule has 5 heteroatoms. The number of hydrogen-bond acceptors (Lipinski definition) is 3. The lowest BCUT2D eigenvalue weighted by Crippen LogP contribution is -1.87. The molecular weight excluding hydrogens is 328 g/mol. The predicted octanol–water partition coefficient (Wildman–Crippen LogP) is 4.42. The summed E-state index contributed by atoms with van der Waals surface area (Å²) >= 11 is 9.37. The van der Waals surface area contributed by atoms with E-state index in [9.17, 15) is 0 Å². The molecule has 0 amide bonds. The number of oxazole rings is 1. The maximum absolute atomic E-state index is 5.96. The summed E-state index contributed by atoms with van der Waals surface area (Å²) in [5, 5.41) is 0.496. The fraction of sp³-hybridized carbons (Fsp3) is 0.0714. The molecule has 0 saturated heterocycles. The van der Waals surface area contributed by atoms with E-state index >= 15 is 0 Å². The van der Waals surface area contributed by atoms with Crippen molar-refractivity contribution in [1.82, 2.24) is 4.98 Å². The van der Waals surface area contributed by atoms with E-state index in [1.165, 1.54) is 0 Å². The number of anilines is 1. The van der Waals surface area contributed by atoms with E-state index in [1.54, 1.807) is 12.1 Å². The Bertz CT molecular complexity index is 698. The third-order valence-corrected chi connectivity index (χ3v) is 3.68. The monoisotopic (exact) mass is 336 g/mol. The van der Waals surface area contributed by atoms with Gasteiger partial charge in [0.25, 0.3) is 0 Å². The molecule has 0 atom stereocenters. The summed E-state index contributed by atoms with van der Waals surface area (Å²) in [6.07, 6.45) is 0.638. The molecule has 0 unspecified atom stereocenters. The topological polar surface area (TPSA) is 52.0 Å². The van der Waals surface area contributed by atoms with Gasteiger partial charge < -0.3 is 10.2 Å². The third-order valence-electron chi connectivity index (χ3n) is 2.82. The number of halogens is 2. The molecule has 0 bridgehead atoms. The summed E-state index contributed by atoms with van der Waals surface area (Å²) in [4.78, 5) is 4.41. The Balaban J connectivity index is 1.95. The Kier molecular flexibility index (Phi) is 3.21. The molecular formula is C14H10BrClN2O. The molecule has 3 nitrogen and oxygen atoms in total. The van der Waals surface area contributed by atoms with Crippen LogP contribution in [0.4, 0.5) is 5.69 Å². The lowest BCUT2D eigenvalue weighted by atomic mass is 10.1. The lowest BCUT2D eigenvalue weighted by Gasteiger charge is -1.97. The predicted molar refractivity (Wildman–Crippen MR) is 80.4 cm³/mol. The van der Waals surface area contributed by atoms with Gasteiger partial charge in [-0.1, -0.05) is 39.7 Å². The molecule has 1 heterocycles. The summed E-state index contributed by atoms with van der Waals surface area (Å²) < 4.78 is 6.73. The van der Waals surface area contributed by atoms with Crippen molar-refractivity contribution in [2.75, 3.05) is 5.73 Å². The maximum Gasteiger partial charge on any atom is 0.199 e. The number of benzene rings is 2. The standard InChI is InChI=1S/C14H10BrClN2O/c15-9-3-1-8(2-4-9)5-14-18-12-6-10(16)11(17)7-13(12)19-14/h1-4,6-7H,5,17H2. The van der Waals surface area contributed by atoms with Crippen molar-refractivity contribution in [2.45, 2.75) is 6.42 Å². The second-order valence-corrected chi connectivity index (χ2v) is 5.58. The molecule has 3 aromatic rings. The molecule has 0 aliphatic heterocycles. The van der Waals surface area contributed by atoms with Crippen LogP contribution < -0.4 is 5.73 Å². The van der Waals surface area contributed by atoms with E-state index in [1.807, 2.05) is 24.3 Å². The van der Waals surface area contributed by atoms with E-state index in [0.29, 0.717) is 28.6 Å². The summed E-state index contributed by atoms with van der Waals surface area (Å²) in [6, 6.07) is 11.5. The quantitative estimate of drug-likeness (QED) is 0.704. The SMILES string of the molecule is Nc1cc2oc(Cc3ccc(Br)cc3)nc2cc1Cl. The molecule has 0 radical (unpaired) electrons. The van der Waals surface area contributed by atoms with E-state index in [2.05, 4.69) is 20.9 Å². The van der Waals surface area contributed by atoms with Crippen LogP contribution in [0.15, 0.2) is 45.3 Å². The molecule has 2 N–H and O–H groups in total. The Morgan fingerprint density at radius 2 is 1.95 bits per heavy atom. The first-order chi connectivity index (χ1) is 9.11. The molecule has 96 valence electrons. The first-order valence-electron chi connectivity index (χ1n) is 5.71. The number of nitrogens with two attached hydrogens (primary N) is 1. The van der Waals surface area contributed by atoms with Crippen LogP contribution in [-0.4, -0.2) is 4.98 Å². The van der Waals surface area contributed by atoms with Crippen LogP contribution in [-0.2, 0) is 6.42 Å². The molecule has 0 spiro atoms. The molecule has 0 saturated carbocycles. The van der Waals surface area contributed by atoms with Crippen molar-refractivity contribution in [3.63, 3.8) is 0 Å². The van der Waals surface area contributed by atoms with Gasteiger partial charge in [-0.3, -0.25) is 0 Å². The molecule has 3 rings (SSSR count). The summed E-state index contributed by atoms with van der Waals surface area (Å²) in [5.74, 6) is 0.652. The van der Waals surface area contributed by atoms with Gasteiger partial charge in [-0.15, -0.1) is 0 Å². The molecule has 0 aliphatic carbocycles. The average molecular weight is 338 g/mol. The van der Waals surface area contributed by atoms with Crippen LogP contribution >= 0.6 is 27.5 Å². The smallest absolute Gasteiger partial charge is 0.199 e. The van der Waals surface area contributed by atoms with E-state index in [0.717, 1.165) is 15.6 Å². The number of nitrogens with zero attached hydrogens (tertiary/aromatic N) is 1. The average Bonchev–Trinajstić information content (AvgIpc) is 2.74. The normalized spacial score (nSPS) is 11.1. The van der Waals surface area contributed by atoms with Crippen LogP contribution in [0, 0.1) is 0 Å². The number of fused-ring (bicyclic) bond motifs is 1. The van der Waals surface area contributed by atoms with Gasteiger partial charge in [-0.2, -0.15) is 0 Å². The third kappa shape index (κ3) is 2.60. The fourth-order valence-corrected chi connectivity index (χ4v) is 2.29. The number of hydrogen-bond donors (Lipinski definition) is 1. The Hall–Kier alpha value is -1.52. The Morgan fingerprint density at radius 1 is 1.21 bits per heavy atom. The van der Waals surface area contributed by atoms with Gasteiger partial charge in [-0.25, -0.2) is 4.98 Å². The largest absolute Gasteiger partial charge is 0.440 e. The molecule has 0 aliphatic rings. The highest BCUT2D eigenvalue weighted by molar-refractivity contribution is 9.10. The first-order valence-corrected chi connectivity index (χ1v) is 6.88. The summed E-state index contributed by atoms with van der Waals surface area (Å²) in [7, 11) is 0. The second-order valence-electron chi connectivity index (χ2n) is 4.25. The van der Waals surface area contributed by atoms with Gasteiger partial charge in [0.1, 0.15) is 5.52 Å². The zero-order valence-electron chi connectivity index (χ0n) is 9.86. The minimum Gasteiger partial charge on any atom is -0.440 e. The van der Waals surface area contributed by atoms with Crippen molar-refractivity contribution < 1.29 is 4.42 Å². The summed E-state index contributed by atoms with van der Waals surface area (Å²) in [5.41, 5.74) is 8.76. The Labute approximate surface area is 123 Å². The van der Waals surface area contributed by atoms with Crippen molar-refractivity contribution in [3.05, 3.63) is 57.3 Å². The second kappa shape index (κ2) is 4.87. The van der Waals surface area contributed by atoms with Crippen LogP contribution in [0.5, 0.6) is 0 Å². The van der Waals surface area contributed by atoms with Crippen LogP contribution in [0.25, 0.3) is 11.1 Å². The molecule has 0 fully saturated rings. The van der Waals surface area contributed by atoms with Gasteiger partial charge in [0, 0.05) is 17.0 Å². The number of aromatic nitrogens is 1.